The number of ether oxygens (including phenoxy) is 1. The molecular formula is C22H25F3O. The highest BCUT2D eigenvalue weighted by atomic mass is 19.3. The van der Waals surface area contributed by atoms with E-state index in [1.165, 1.54) is 48.9 Å². The largest absolute Gasteiger partial charge is 0.432 e. The maximum atomic E-state index is 13.8. The lowest BCUT2D eigenvalue weighted by Crippen LogP contribution is -2.10. The van der Waals surface area contributed by atoms with Crippen LogP contribution >= 0.6 is 0 Å². The Kier molecular flexibility index (Phi) is 6.23. The molecule has 140 valence electrons. The molecule has 0 N–H and O–H groups in total. The lowest BCUT2D eigenvalue weighted by molar-refractivity contribution is -0.0522. The first-order valence-electron chi connectivity index (χ1n) is 9.33. The van der Waals surface area contributed by atoms with Crippen molar-refractivity contribution in [3.8, 4) is 5.75 Å². The van der Waals surface area contributed by atoms with E-state index in [2.05, 4.69) is 35.9 Å². The SMILES string of the molecule is CC1CCC(c2ccc(CCc3ccc(OC(F)F)c(F)c3)cc2)CC1. The van der Waals surface area contributed by atoms with Gasteiger partial charge in [0.2, 0.25) is 0 Å². The standard InChI is InChI=1S/C22H25F3O/c1-15-2-9-18(10-3-15)19-11-6-16(7-12-19)4-5-17-8-13-21(20(23)14-17)26-22(24)25/h6-8,11-15,18,22H,2-5,9-10H2,1H3. The summed E-state index contributed by atoms with van der Waals surface area (Å²) in [7, 11) is 0. The fourth-order valence-corrected chi connectivity index (χ4v) is 3.73. The van der Waals surface area contributed by atoms with Gasteiger partial charge in [-0.05, 0) is 66.3 Å². The summed E-state index contributed by atoms with van der Waals surface area (Å²) in [6.45, 7) is -0.685. The van der Waals surface area contributed by atoms with Gasteiger partial charge in [0, 0.05) is 0 Å². The normalized spacial score (nSPS) is 20.3. The van der Waals surface area contributed by atoms with Crippen molar-refractivity contribution in [1.29, 1.82) is 0 Å². The number of alkyl halides is 2. The molecule has 1 aliphatic rings. The molecule has 1 fully saturated rings. The Balaban J connectivity index is 1.55. The van der Waals surface area contributed by atoms with Gasteiger partial charge in [0.25, 0.3) is 0 Å². The fraction of sp³-hybridized carbons (Fsp3) is 0.455. The number of aryl methyl sites for hydroxylation is 2. The Labute approximate surface area is 153 Å². The topological polar surface area (TPSA) is 9.23 Å². The highest BCUT2D eigenvalue weighted by Gasteiger charge is 2.19. The van der Waals surface area contributed by atoms with E-state index in [1.54, 1.807) is 6.07 Å². The van der Waals surface area contributed by atoms with Gasteiger partial charge in [-0.2, -0.15) is 8.78 Å². The van der Waals surface area contributed by atoms with Gasteiger partial charge in [-0.1, -0.05) is 50.1 Å². The van der Waals surface area contributed by atoms with Crippen LogP contribution in [0.3, 0.4) is 0 Å². The third-order valence-electron chi connectivity index (χ3n) is 5.38. The Hall–Kier alpha value is -1.97. The van der Waals surface area contributed by atoms with Crippen LogP contribution in [0.2, 0.25) is 0 Å². The summed E-state index contributed by atoms with van der Waals surface area (Å²) < 4.78 is 42.2. The maximum Gasteiger partial charge on any atom is 0.387 e. The second kappa shape index (κ2) is 8.61. The van der Waals surface area contributed by atoms with Crippen LogP contribution in [0.1, 0.15) is 55.2 Å². The summed E-state index contributed by atoms with van der Waals surface area (Å²) in [4.78, 5) is 0. The molecule has 0 atom stereocenters. The third-order valence-corrected chi connectivity index (χ3v) is 5.38. The van der Waals surface area contributed by atoms with E-state index in [9.17, 15) is 13.2 Å². The number of benzene rings is 2. The van der Waals surface area contributed by atoms with E-state index in [4.69, 9.17) is 0 Å². The molecule has 0 bridgehead atoms. The zero-order valence-electron chi connectivity index (χ0n) is 15.1. The first-order chi connectivity index (χ1) is 12.5. The van der Waals surface area contributed by atoms with Crippen molar-refractivity contribution in [2.45, 2.75) is 58.0 Å². The zero-order valence-corrected chi connectivity index (χ0v) is 15.1. The van der Waals surface area contributed by atoms with E-state index in [-0.39, 0.29) is 0 Å². The first kappa shape index (κ1) is 18.8. The average Bonchev–Trinajstić information content (AvgIpc) is 2.63. The molecule has 0 aliphatic heterocycles. The zero-order chi connectivity index (χ0) is 18.5. The van der Waals surface area contributed by atoms with Crippen LogP contribution < -0.4 is 4.74 Å². The van der Waals surface area contributed by atoms with E-state index in [0.29, 0.717) is 12.3 Å². The van der Waals surface area contributed by atoms with Gasteiger partial charge in [-0.25, -0.2) is 4.39 Å². The second-order valence-corrected chi connectivity index (χ2v) is 7.34. The van der Waals surface area contributed by atoms with Gasteiger partial charge in [-0.15, -0.1) is 0 Å². The minimum Gasteiger partial charge on any atom is -0.432 e. The third kappa shape index (κ3) is 5.03. The lowest BCUT2D eigenvalue weighted by atomic mass is 9.79. The molecule has 0 saturated heterocycles. The highest BCUT2D eigenvalue weighted by Crippen LogP contribution is 2.35. The molecule has 3 rings (SSSR count). The predicted octanol–water partition coefficient (Wildman–Crippen LogP) is 6.51. The minimum absolute atomic E-state index is 0.407. The van der Waals surface area contributed by atoms with Crippen LogP contribution in [0.15, 0.2) is 42.5 Å². The van der Waals surface area contributed by atoms with Crippen molar-refractivity contribution in [2.24, 2.45) is 5.92 Å². The summed E-state index contributed by atoms with van der Waals surface area (Å²) in [5.74, 6) is 0.375. The number of hydrogen-bond acceptors (Lipinski definition) is 1. The van der Waals surface area contributed by atoms with Crippen molar-refractivity contribution >= 4 is 0 Å². The number of rotatable bonds is 6. The molecule has 0 unspecified atom stereocenters. The molecule has 0 radical (unpaired) electrons. The van der Waals surface area contributed by atoms with Crippen LogP contribution in [0.4, 0.5) is 13.2 Å². The molecule has 2 aromatic carbocycles. The Morgan fingerprint density at radius 2 is 1.54 bits per heavy atom. The van der Waals surface area contributed by atoms with Gasteiger partial charge in [0.1, 0.15) is 0 Å². The van der Waals surface area contributed by atoms with Gasteiger partial charge >= 0.3 is 6.61 Å². The summed E-state index contributed by atoms with van der Waals surface area (Å²) >= 11 is 0. The van der Waals surface area contributed by atoms with Crippen LogP contribution in [-0.4, -0.2) is 6.61 Å². The van der Waals surface area contributed by atoms with Crippen molar-refractivity contribution in [1.82, 2.24) is 0 Å². The second-order valence-electron chi connectivity index (χ2n) is 7.34. The Bertz CT molecular complexity index is 704. The van der Waals surface area contributed by atoms with Gasteiger partial charge in [0.05, 0.1) is 0 Å². The fourth-order valence-electron chi connectivity index (χ4n) is 3.73. The Morgan fingerprint density at radius 3 is 2.15 bits per heavy atom. The van der Waals surface area contributed by atoms with E-state index >= 15 is 0 Å². The quantitative estimate of drug-likeness (QED) is 0.569. The molecule has 0 spiro atoms. The van der Waals surface area contributed by atoms with Crippen LogP contribution in [-0.2, 0) is 12.8 Å². The molecule has 4 heteroatoms. The van der Waals surface area contributed by atoms with Crippen molar-refractivity contribution in [3.05, 3.63) is 65.0 Å². The number of halogens is 3. The van der Waals surface area contributed by atoms with Crippen LogP contribution in [0.5, 0.6) is 5.75 Å². The summed E-state index contributed by atoms with van der Waals surface area (Å²) in [6, 6.07) is 12.9. The van der Waals surface area contributed by atoms with Crippen molar-refractivity contribution in [3.63, 3.8) is 0 Å². The smallest absolute Gasteiger partial charge is 0.387 e. The minimum atomic E-state index is -3.01. The van der Waals surface area contributed by atoms with Crippen molar-refractivity contribution < 1.29 is 17.9 Å². The van der Waals surface area contributed by atoms with Crippen LogP contribution in [0.25, 0.3) is 0 Å². The van der Waals surface area contributed by atoms with E-state index in [1.807, 2.05) is 0 Å². The molecule has 0 heterocycles. The molecular weight excluding hydrogens is 337 g/mol. The highest BCUT2D eigenvalue weighted by molar-refractivity contribution is 5.31. The van der Waals surface area contributed by atoms with Gasteiger partial charge < -0.3 is 4.74 Å². The average molecular weight is 362 g/mol. The molecule has 0 aromatic heterocycles. The predicted molar refractivity (Wildman–Crippen MR) is 97.3 cm³/mol. The lowest BCUT2D eigenvalue weighted by Gasteiger charge is -2.26. The Morgan fingerprint density at radius 1 is 0.923 bits per heavy atom. The van der Waals surface area contributed by atoms with Crippen molar-refractivity contribution in [2.75, 3.05) is 0 Å². The molecule has 26 heavy (non-hydrogen) atoms. The van der Waals surface area contributed by atoms with Gasteiger partial charge in [-0.3, -0.25) is 0 Å². The summed E-state index contributed by atoms with van der Waals surface area (Å²) in [5.41, 5.74) is 3.39. The molecule has 1 nitrogen and oxygen atoms in total. The first-order valence-corrected chi connectivity index (χ1v) is 9.33. The van der Waals surface area contributed by atoms with E-state index in [0.717, 1.165) is 17.9 Å². The maximum absolute atomic E-state index is 13.8. The molecule has 0 amide bonds. The summed E-state index contributed by atoms with van der Waals surface area (Å²) in [6.07, 6.45) is 6.61. The summed E-state index contributed by atoms with van der Waals surface area (Å²) in [5, 5.41) is 0. The molecule has 1 saturated carbocycles. The van der Waals surface area contributed by atoms with E-state index < -0.39 is 18.2 Å². The molecule has 1 aliphatic carbocycles. The molecule has 2 aromatic rings. The number of hydrogen-bond donors (Lipinski definition) is 0. The van der Waals surface area contributed by atoms with Gasteiger partial charge in [0.15, 0.2) is 11.6 Å². The van der Waals surface area contributed by atoms with Crippen LogP contribution in [0, 0.1) is 11.7 Å². The monoisotopic (exact) mass is 362 g/mol.